The third-order valence-electron chi connectivity index (χ3n) is 7.65. The van der Waals surface area contributed by atoms with Crippen LogP contribution in [0.1, 0.15) is 42.4 Å². The SMILES string of the molecule is COc1ccc(C2(C#N)CC3CC(C(=O)O)CC3C2)cc1OC1Cc2ccccc2C1. The summed E-state index contributed by atoms with van der Waals surface area (Å²) in [5.74, 6) is 1.01. The van der Waals surface area contributed by atoms with Crippen LogP contribution in [-0.2, 0) is 23.1 Å². The number of rotatable bonds is 5. The molecular formula is C26H27NO4. The Hall–Kier alpha value is -3.00. The van der Waals surface area contributed by atoms with Crippen molar-refractivity contribution in [3.05, 3.63) is 59.2 Å². The number of ether oxygens (including phenoxy) is 2. The molecule has 0 radical (unpaired) electrons. The fourth-order valence-corrected chi connectivity index (χ4v) is 6.13. The van der Waals surface area contributed by atoms with Crippen molar-refractivity contribution in [2.75, 3.05) is 7.11 Å². The lowest BCUT2D eigenvalue weighted by molar-refractivity contribution is -0.141. The van der Waals surface area contributed by atoms with E-state index < -0.39 is 11.4 Å². The highest BCUT2D eigenvalue weighted by atomic mass is 16.5. The fourth-order valence-electron chi connectivity index (χ4n) is 6.13. The lowest BCUT2D eigenvalue weighted by Gasteiger charge is -2.25. The van der Waals surface area contributed by atoms with Crippen molar-refractivity contribution < 1.29 is 19.4 Å². The molecule has 5 rings (SSSR count). The van der Waals surface area contributed by atoms with E-state index in [9.17, 15) is 15.2 Å². The maximum Gasteiger partial charge on any atom is 0.306 e. The molecule has 0 aliphatic heterocycles. The molecule has 2 fully saturated rings. The van der Waals surface area contributed by atoms with E-state index in [1.165, 1.54) is 11.1 Å². The second kappa shape index (κ2) is 7.60. The summed E-state index contributed by atoms with van der Waals surface area (Å²) in [6.45, 7) is 0. The Kier molecular flexibility index (Phi) is 4.89. The van der Waals surface area contributed by atoms with E-state index in [0.29, 0.717) is 36.2 Å². The van der Waals surface area contributed by atoms with Crippen LogP contribution in [0.15, 0.2) is 42.5 Å². The van der Waals surface area contributed by atoms with Gasteiger partial charge >= 0.3 is 5.97 Å². The number of hydrogen-bond acceptors (Lipinski definition) is 4. The van der Waals surface area contributed by atoms with E-state index in [1.807, 2.05) is 18.2 Å². The molecule has 2 aromatic rings. The van der Waals surface area contributed by atoms with Gasteiger partial charge in [-0.25, -0.2) is 0 Å². The van der Waals surface area contributed by atoms with Crippen LogP contribution in [0.2, 0.25) is 0 Å². The molecule has 0 spiro atoms. The number of aliphatic carboxylic acids is 1. The molecular weight excluding hydrogens is 390 g/mol. The van der Waals surface area contributed by atoms with Gasteiger partial charge in [-0.2, -0.15) is 5.26 Å². The van der Waals surface area contributed by atoms with Crippen LogP contribution in [-0.4, -0.2) is 24.3 Å². The smallest absolute Gasteiger partial charge is 0.306 e. The van der Waals surface area contributed by atoms with Crippen LogP contribution in [0.5, 0.6) is 11.5 Å². The zero-order valence-electron chi connectivity index (χ0n) is 17.7. The van der Waals surface area contributed by atoms with E-state index >= 15 is 0 Å². The molecule has 0 heterocycles. The number of carboxylic acid groups (broad SMARTS) is 1. The van der Waals surface area contributed by atoms with Crippen molar-refractivity contribution >= 4 is 5.97 Å². The van der Waals surface area contributed by atoms with Crippen molar-refractivity contribution in [1.29, 1.82) is 5.26 Å². The fraction of sp³-hybridized carbons (Fsp3) is 0.462. The molecule has 160 valence electrons. The van der Waals surface area contributed by atoms with Gasteiger partial charge in [-0.3, -0.25) is 4.79 Å². The number of fused-ring (bicyclic) bond motifs is 2. The van der Waals surface area contributed by atoms with E-state index in [1.54, 1.807) is 7.11 Å². The van der Waals surface area contributed by atoms with E-state index in [-0.39, 0.29) is 12.0 Å². The number of benzene rings is 2. The van der Waals surface area contributed by atoms with Crippen LogP contribution in [0.3, 0.4) is 0 Å². The van der Waals surface area contributed by atoms with Crippen molar-refractivity contribution in [2.45, 2.75) is 50.0 Å². The molecule has 0 bridgehead atoms. The van der Waals surface area contributed by atoms with Crippen LogP contribution < -0.4 is 9.47 Å². The summed E-state index contributed by atoms with van der Waals surface area (Å²) in [7, 11) is 1.64. The van der Waals surface area contributed by atoms with Crippen molar-refractivity contribution in [1.82, 2.24) is 0 Å². The zero-order valence-corrected chi connectivity index (χ0v) is 17.7. The number of hydrogen-bond donors (Lipinski definition) is 1. The monoisotopic (exact) mass is 417 g/mol. The van der Waals surface area contributed by atoms with Crippen LogP contribution in [0.25, 0.3) is 0 Å². The Morgan fingerprint density at radius 1 is 1.06 bits per heavy atom. The van der Waals surface area contributed by atoms with Gasteiger partial charge in [-0.05, 0) is 66.3 Å². The highest BCUT2D eigenvalue weighted by molar-refractivity contribution is 5.70. The first kappa shape index (κ1) is 19.9. The summed E-state index contributed by atoms with van der Waals surface area (Å²) in [6, 6.07) is 16.9. The van der Waals surface area contributed by atoms with Crippen LogP contribution in [0, 0.1) is 29.1 Å². The zero-order chi connectivity index (χ0) is 21.6. The number of methoxy groups -OCH3 is 1. The quantitative estimate of drug-likeness (QED) is 0.774. The average Bonchev–Trinajstić information content (AvgIpc) is 3.44. The molecule has 1 N–H and O–H groups in total. The summed E-state index contributed by atoms with van der Waals surface area (Å²) in [6.07, 6.45) is 4.60. The van der Waals surface area contributed by atoms with Gasteiger partial charge in [0.2, 0.25) is 0 Å². The first-order valence-electron chi connectivity index (χ1n) is 11.1. The van der Waals surface area contributed by atoms with Gasteiger partial charge in [0, 0.05) is 12.8 Å². The molecule has 31 heavy (non-hydrogen) atoms. The average molecular weight is 418 g/mol. The lowest BCUT2D eigenvalue weighted by Crippen LogP contribution is -2.23. The van der Waals surface area contributed by atoms with Crippen molar-refractivity contribution in [3.63, 3.8) is 0 Å². The Balaban J connectivity index is 1.38. The predicted molar refractivity (Wildman–Crippen MR) is 115 cm³/mol. The summed E-state index contributed by atoms with van der Waals surface area (Å²) in [5.41, 5.74) is 3.03. The maximum absolute atomic E-state index is 11.4. The second-order valence-electron chi connectivity index (χ2n) is 9.41. The molecule has 2 unspecified atom stereocenters. The molecule has 3 aliphatic rings. The summed E-state index contributed by atoms with van der Waals surface area (Å²) in [5, 5.41) is 19.6. The maximum atomic E-state index is 11.4. The Bertz CT molecular complexity index is 1020. The molecule has 5 nitrogen and oxygen atoms in total. The molecule has 0 saturated heterocycles. The first-order chi connectivity index (χ1) is 15.0. The molecule has 2 atom stereocenters. The number of carboxylic acids is 1. The summed E-state index contributed by atoms with van der Waals surface area (Å²) < 4.78 is 12.0. The van der Waals surface area contributed by atoms with Gasteiger partial charge < -0.3 is 14.6 Å². The molecule has 2 saturated carbocycles. The number of carbonyl (C=O) groups is 1. The Labute approximate surface area is 182 Å². The summed E-state index contributed by atoms with van der Waals surface area (Å²) >= 11 is 0. The topological polar surface area (TPSA) is 79.5 Å². The van der Waals surface area contributed by atoms with Crippen LogP contribution >= 0.6 is 0 Å². The van der Waals surface area contributed by atoms with E-state index in [4.69, 9.17) is 9.47 Å². The normalized spacial score (nSPS) is 29.2. The third-order valence-corrected chi connectivity index (χ3v) is 7.65. The highest BCUT2D eigenvalue weighted by Crippen LogP contribution is 2.56. The van der Waals surface area contributed by atoms with E-state index in [2.05, 4.69) is 30.3 Å². The van der Waals surface area contributed by atoms with Crippen molar-refractivity contribution in [3.8, 4) is 17.6 Å². The van der Waals surface area contributed by atoms with Gasteiger partial charge in [-0.15, -0.1) is 0 Å². The Morgan fingerprint density at radius 2 is 1.71 bits per heavy atom. The molecule has 2 aromatic carbocycles. The molecule has 5 heteroatoms. The first-order valence-corrected chi connectivity index (χ1v) is 11.1. The minimum absolute atomic E-state index is 0.0545. The van der Waals surface area contributed by atoms with Gasteiger partial charge in [0.1, 0.15) is 6.10 Å². The molecule has 0 aromatic heterocycles. The summed E-state index contributed by atoms with van der Waals surface area (Å²) in [4.78, 5) is 11.4. The second-order valence-corrected chi connectivity index (χ2v) is 9.41. The molecule has 0 amide bonds. The third kappa shape index (κ3) is 3.44. The van der Waals surface area contributed by atoms with Crippen LogP contribution in [0.4, 0.5) is 0 Å². The predicted octanol–water partition coefficient (Wildman–Crippen LogP) is 4.52. The lowest BCUT2D eigenvalue weighted by atomic mass is 9.77. The largest absolute Gasteiger partial charge is 0.493 e. The number of nitriles is 1. The number of nitrogens with zero attached hydrogens (tertiary/aromatic N) is 1. The van der Waals surface area contributed by atoms with Gasteiger partial charge in [0.15, 0.2) is 11.5 Å². The highest BCUT2D eigenvalue weighted by Gasteiger charge is 2.52. The van der Waals surface area contributed by atoms with Gasteiger partial charge in [0.25, 0.3) is 0 Å². The standard InChI is InChI=1S/C26H27NO4/c1-30-23-7-6-21(12-24(23)31-22-10-16-4-2-3-5-17(16)11-22)26(15-27)13-19-8-18(25(28)29)9-20(19)14-26/h2-7,12,18-20,22H,8-11,13-14H2,1H3,(H,28,29). The minimum Gasteiger partial charge on any atom is -0.493 e. The van der Waals surface area contributed by atoms with E-state index in [0.717, 1.165) is 31.2 Å². The molecule has 3 aliphatic carbocycles. The minimum atomic E-state index is -0.699. The van der Waals surface area contributed by atoms with Crippen molar-refractivity contribution in [2.24, 2.45) is 17.8 Å². The van der Waals surface area contributed by atoms with Gasteiger partial charge in [0.05, 0.1) is 24.5 Å². The Morgan fingerprint density at radius 3 is 2.26 bits per heavy atom. The van der Waals surface area contributed by atoms with Gasteiger partial charge in [-0.1, -0.05) is 30.3 Å².